The number of carbonyl (C=O) groups excluding carboxylic acids is 1. The van der Waals surface area contributed by atoms with Crippen LogP contribution < -0.4 is 10.1 Å². The summed E-state index contributed by atoms with van der Waals surface area (Å²) in [6.45, 7) is 5.14. The molecule has 1 aromatic carbocycles. The zero-order valence-electron chi connectivity index (χ0n) is 11.0. The molecule has 0 fully saturated rings. The van der Waals surface area contributed by atoms with Crippen molar-refractivity contribution in [3.8, 4) is 5.75 Å². The summed E-state index contributed by atoms with van der Waals surface area (Å²) >= 11 is 0. The quantitative estimate of drug-likeness (QED) is 0.742. The molecule has 1 amide bonds. The molecule has 1 rings (SSSR count). The average molecular weight is 248 g/mol. The maximum atomic E-state index is 11.5. The zero-order valence-corrected chi connectivity index (χ0v) is 11.0. The Morgan fingerprint density at radius 1 is 1.56 bits per heavy atom. The van der Waals surface area contributed by atoms with Crippen molar-refractivity contribution in [1.29, 1.82) is 0 Å². The molecule has 4 nitrogen and oxygen atoms in total. The van der Waals surface area contributed by atoms with Gasteiger partial charge in [-0.2, -0.15) is 0 Å². The van der Waals surface area contributed by atoms with Crippen LogP contribution in [0, 0.1) is 0 Å². The van der Waals surface area contributed by atoms with E-state index in [1.807, 2.05) is 36.2 Å². The number of benzene rings is 1. The van der Waals surface area contributed by atoms with Crippen LogP contribution in [0.5, 0.6) is 5.75 Å². The Bertz CT molecular complexity index is 405. The van der Waals surface area contributed by atoms with Crippen LogP contribution >= 0.6 is 0 Å². The van der Waals surface area contributed by atoms with Crippen LogP contribution in [-0.4, -0.2) is 38.1 Å². The summed E-state index contributed by atoms with van der Waals surface area (Å²) in [5, 5.41) is 2.75. The molecular weight excluding hydrogens is 228 g/mol. The number of hydrogen-bond donors (Lipinski definition) is 1. The fourth-order valence-electron chi connectivity index (χ4n) is 1.63. The molecule has 18 heavy (non-hydrogen) atoms. The minimum atomic E-state index is 0.000274. The Kier molecular flexibility index (Phi) is 5.94. The van der Waals surface area contributed by atoms with Crippen molar-refractivity contribution in [3.05, 3.63) is 42.5 Å². The van der Waals surface area contributed by atoms with Crippen LogP contribution in [-0.2, 0) is 11.3 Å². The number of nitrogens with one attached hydrogen (secondary N) is 1. The topological polar surface area (TPSA) is 41.6 Å². The predicted octanol–water partition coefficient (Wildman–Crippen LogP) is 1.43. The maximum absolute atomic E-state index is 11.5. The summed E-state index contributed by atoms with van der Waals surface area (Å²) in [5.74, 6) is 0.831. The Morgan fingerprint density at radius 3 is 3.00 bits per heavy atom. The summed E-state index contributed by atoms with van der Waals surface area (Å²) in [6.07, 6.45) is 1.67. The third-order valence-corrected chi connectivity index (χ3v) is 2.44. The summed E-state index contributed by atoms with van der Waals surface area (Å²) in [7, 11) is 3.55. The highest BCUT2D eigenvalue weighted by atomic mass is 16.5. The van der Waals surface area contributed by atoms with Crippen LogP contribution in [0.1, 0.15) is 5.56 Å². The molecule has 4 heteroatoms. The summed E-state index contributed by atoms with van der Waals surface area (Å²) < 4.78 is 5.16. The molecule has 0 unspecified atom stereocenters. The molecule has 0 aliphatic rings. The number of carbonyl (C=O) groups is 1. The highest BCUT2D eigenvalue weighted by Gasteiger charge is 2.06. The van der Waals surface area contributed by atoms with E-state index < -0.39 is 0 Å². The van der Waals surface area contributed by atoms with E-state index >= 15 is 0 Å². The summed E-state index contributed by atoms with van der Waals surface area (Å²) in [6, 6.07) is 7.83. The molecule has 0 atom stereocenters. The number of ether oxygens (including phenoxy) is 1. The van der Waals surface area contributed by atoms with E-state index in [-0.39, 0.29) is 5.91 Å². The number of nitrogens with zero attached hydrogens (tertiary/aromatic N) is 1. The molecule has 1 aromatic rings. The van der Waals surface area contributed by atoms with Crippen molar-refractivity contribution in [2.75, 3.05) is 27.2 Å². The molecule has 0 saturated carbocycles. The molecule has 0 spiro atoms. The normalized spacial score (nSPS) is 10.2. The van der Waals surface area contributed by atoms with Gasteiger partial charge in [-0.25, -0.2) is 0 Å². The van der Waals surface area contributed by atoms with Gasteiger partial charge >= 0.3 is 0 Å². The van der Waals surface area contributed by atoms with Crippen molar-refractivity contribution in [2.24, 2.45) is 0 Å². The van der Waals surface area contributed by atoms with Gasteiger partial charge in [-0.15, -0.1) is 6.58 Å². The fourth-order valence-corrected chi connectivity index (χ4v) is 1.63. The Balaban J connectivity index is 2.45. The monoisotopic (exact) mass is 248 g/mol. The van der Waals surface area contributed by atoms with Crippen molar-refractivity contribution in [2.45, 2.75) is 6.54 Å². The Morgan fingerprint density at radius 2 is 2.33 bits per heavy atom. The van der Waals surface area contributed by atoms with Gasteiger partial charge in [0, 0.05) is 13.1 Å². The number of amides is 1. The van der Waals surface area contributed by atoms with E-state index in [1.54, 1.807) is 13.2 Å². The van der Waals surface area contributed by atoms with Gasteiger partial charge in [0.1, 0.15) is 5.75 Å². The highest BCUT2D eigenvalue weighted by Crippen LogP contribution is 2.13. The molecule has 98 valence electrons. The largest absolute Gasteiger partial charge is 0.497 e. The van der Waals surface area contributed by atoms with Gasteiger partial charge in [0.15, 0.2) is 0 Å². The fraction of sp³-hybridized carbons (Fsp3) is 0.357. The number of hydrogen-bond acceptors (Lipinski definition) is 3. The second-order valence-corrected chi connectivity index (χ2v) is 4.12. The second kappa shape index (κ2) is 7.50. The Hall–Kier alpha value is -1.81. The van der Waals surface area contributed by atoms with Gasteiger partial charge in [-0.05, 0) is 24.7 Å². The third-order valence-electron chi connectivity index (χ3n) is 2.44. The maximum Gasteiger partial charge on any atom is 0.234 e. The standard InChI is InChI=1S/C14H20N2O2/c1-4-8-15-14(17)11-16(2)10-12-6-5-7-13(9-12)18-3/h4-7,9H,1,8,10-11H2,2-3H3,(H,15,17). The van der Waals surface area contributed by atoms with Gasteiger partial charge in [0.2, 0.25) is 5.91 Å². The average Bonchev–Trinajstić information content (AvgIpc) is 2.36. The lowest BCUT2D eigenvalue weighted by atomic mass is 10.2. The number of likely N-dealkylation sites (N-methyl/N-ethyl adjacent to an activating group) is 1. The van der Waals surface area contributed by atoms with E-state index in [4.69, 9.17) is 4.74 Å². The molecule has 0 aliphatic heterocycles. The molecular formula is C14H20N2O2. The van der Waals surface area contributed by atoms with Crippen LogP contribution in [0.4, 0.5) is 0 Å². The molecule has 0 saturated heterocycles. The van der Waals surface area contributed by atoms with Gasteiger partial charge < -0.3 is 10.1 Å². The van der Waals surface area contributed by atoms with Crippen LogP contribution in [0.2, 0.25) is 0 Å². The molecule has 0 aliphatic carbocycles. The van der Waals surface area contributed by atoms with E-state index in [0.717, 1.165) is 11.3 Å². The van der Waals surface area contributed by atoms with Gasteiger partial charge in [-0.1, -0.05) is 18.2 Å². The van der Waals surface area contributed by atoms with E-state index in [9.17, 15) is 4.79 Å². The molecule has 0 aromatic heterocycles. The highest BCUT2D eigenvalue weighted by molar-refractivity contribution is 5.78. The first-order valence-corrected chi connectivity index (χ1v) is 5.84. The van der Waals surface area contributed by atoms with Crippen molar-refractivity contribution >= 4 is 5.91 Å². The van der Waals surface area contributed by atoms with E-state index in [1.165, 1.54) is 0 Å². The summed E-state index contributed by atoms with van der Waals surface area (Å²) in [4.78, 5) is 13.5. The lowest BCUT2D eigenvalue weighted by Crippen LogP contribution is -2.34. The molecule has 1 N–H and O–H groups in total. The van der Waals surface area contributed by atoms with Crippen LogP contribution in [0.3, 0.4) is 0 Å². The minimum Gasteiger partial charge on any atom is -0.497 e. The molecule has 0 bridgehead atoms. The SMILES string of the molecule is C=CCNC(=O)CN(C)Cc1cccc(OC)c1. The third kappa shape index (κ3) is 5.01. The first-order valence-electron chi connectivity index (χ1n) is 5.84. The van der Waals surface area contributed by atoms with E-state index in [2.05, 4.69) is 11.9 Å². The number of rotatable bonds is 7. The lowest BCUT2D eigenvalue weighted by molar-refractivity contribution is -0.121. The predicted molar refractivity (Wildman–Crippen MR) is 72.5 cm³/mol. The van der Waals surface area contributed by atoms with Crippen molar-refractivity contribution < 1.29 is 9.53 Å². The van der Waals surface area contributed by atoms with Gasteiger partial charge in [0.05, 0.1) is 13.7 Å². The van der Waals surface area contributed by atoms with Crippen LogP contribution in [0.25, 0.3) is 0 Å². The van der Waals surface area contributed by atoms with Gasteiger partial charge in [-0.3, -0.25) is 9.69 Å². The van der Waals surface area contributed by atoms with Crippen LogP contribution in [0.15, 0.2) is 36.9 Å². The first-order chi connectivity index (χ1) is 8.65. The first kappa shape index (κ1) is 14.3. The second-order valence-electron chi connectivity index (χ2n) is 4.12. The van der Waals surface area contributed by atoms with Crippen molar-refractivity contribution in [1.82, 2.24) is 10.2 Å². The minimum absolute atomic E-state index is 0.000274. The molecule has 0 heterocycles. The van der Waals surface area contributed by atoms with Gasteiger partial charge in [0.25, 0.3) is 0 Å². The molecule has 0 radical (unpaired) electrons. The smallest absolute Gasteiger partial charge is 0.234 e. The lowest BCUT2D eigenvalue weighted by Gasteiger charge is -2.16. The van der Waals surface area contributed by atoms with Crippen molar-refractivity contribution in [3.63, 3.8) is 0 Å². The van der Waals surface area contributed by atoms with E-state index in [0.29, 0.717) is 19.6 Å². The number of methoxy groups -OCH3 is 1. The zero-order chi connectivity index (χ0) is 13.4. The Labute approximate surface area is 108 Å². The summed E-state index contributed by atoms with van der Waals surface area (Å²) in [5.41, 5.74) is 1.12.